The number of rotatable bonds is 3. The standard InChI is InChI=1S/C12H15N3O/c13-6-10-5-11(1-2-12(10)14)15-7-9-3-4-16-8-9/h1-2,5,9,15H,3-4,7-8,14H2. The van der Waals surface area contributed by atoms with Gasteiger partial charge in [-0.3, -0.25) is 0 Å². The Hall–Kier alpha value is -1.73. The summed E-state index contributed by atoms with van der Waals surface area (Å²) in [4.78, 5) is 0. The molecule has 0 aliphatic carbocycles. The van der Waals surface area contributed by atoms with Crippen LogP contribution in [0.4, 0.5) is 11.4 Å². The summed E-state index contributed by atoms with van der Waals surface area (Å²) in [7, 11) is 0. The van der Waals surface area contributed by atoms with Gasteiger partial charge in [0.05, 0.1) is 12.2 Å². The van der Waals surface area contributed by atoms with E-state index in [2.05, 4.69) is 11.4 Å². The van der Waals surface area contributed by atoms with Gasteiger partial charge in [-0.15, -0.1) is 0 Å². The SMILES string of the molecule is N#Cc1cc(NCC2CCOC2)ccc1N. The summed E-state index contributed by atoms with van der Waals surface area (Å²) in [6.07, 6.45) is 1.10. The second kappa shape index (κ2) is 4.86. The van der Waals surface area contributed by atoms with Crippen LogP contribution in [0.15, 0.2) is 18.2 Å². The average Bonchev–Trinajstić information content (AvgIpc) is 2.81. The van der Waals surface area contributed by atoms with Gasteiger partial charge in [0.25, 0.3) is 0 Å². The molecular formula is C12H15N3O. The van der Waals surface area contributed by atoms with Crippen LogP contribution in [0, 0.1) is 17.2 Å². The van der Waals surface area contributed by atoms with Crippen LogP contribution in [0.1, 0.15) is 12.0 Å². The summed E-state index contributed by atoms with van der Waals surface area (Å²) in [5, 5.41) is 12.1. The van der Waals surface area contributed by atoms with Crippen molar-refractivity contribution in [1.29, 1.82) is 5.26 Å². The van der Waals surface area contributed by atoms with Crippen molar-refractivity contribution in [3.63, 3.8) is 0 Å². The maximum Gasteiger partial charge on any atom is 0.101 e. The summed E-state index contributed by atoms with van der Waals surface area (Å²) >= 11 is 0. The molecule has 1 atom stereocenters. The van der Waals surface area contributed by atoms with Crippen molar-refractivity contribution in [2.24, 2.45) is 5.92 Å². The van der Waals surface area contributed by atoms with Gasteiger partial charge in [-0.1, -0.05) is 0 Å². The van der Waals surface area contributed by atoms with Crippen LogP contribution in [0.5, 0.6) is 0 Å². The molecule has 1 unspecified atom stereocenters. The number of nitrogens with zero attached hydrogens (tertiary/aromatic N) is 1. The van der Waals surface area contributed by atoms with Gasteiger partial charge in [0.1, 0.15) is 6.07 Å². The Labute approximate surface area is 95.0 Å². The molecule has 1 saturated heterocycles. The van der Waals surface area contributed by atoms with Crippen molar-refractivity contribution >= 4 is 11.4 Å². The van der Waals surface area contributed by atoms with E-state index in [0.29, 0.717) is 17.2 Å². The second-order valence-corrected chi connectivity index (χ2v) is 4.02. The fourth-order valence-electron chi connectivity index (χ4n) is 1.77. The largest absolute Gasteiger partial charge is 0.398 e. The van der Waals surface area contributed by atoms with E-state index in [1.807, 2.05) is 6.07 Å². The van der Waals surface area contributed by atoms with Gasteiger partial charge in [-0.25, -0.2) is 0 Å². The van der Waals surface area contributed by atoms with Crippen LogP contribution in [0.25, 0.3) is 0 Å². The molecule has 0 amide bonds. The van der Waals surface area contributed by atoms with E-state index >= 15 is 0 Å². The third kappa shape index (κ3) is 2.44. The molecule has 1 aromatic rings. The third-order valence-electron chi connectivity index (χ3n) is 2.79. The maximum atomic E-state index is 8.84. The van der Waals surface area contributed by atoms with E-state index in [1.165, 1.54) is 0 Å². The number of benzene rings is 1. The van der Waals surface area contributed by atoms with Gasteiger partial charge in [0, 0.05) is 30.4 Å². The zero-order chi connectivity index (χ0) is 11.4. The summed E-state index contributed by atoms with van der Waals surface area (Å²) in [5.41, 5.74) is 7.64. The molecule has 0 spiro atoms. The zero-order valence-electron chi connectivity index (χ0n) is 9.07. The molecule has 1 aliphatic heterocycles. The van der Waals surface area contributed by atoms with E-state index in [0.717, 1.165) is 31.9 Å². The Bertz CT molecular complexity index is 405. The van der Waals surface area contributed by atoms with Gasteiger partial charge >= 0.3 is 0 Å². The van der Waals surface area contributed by atoms with Crippen LogP contribution in [-0.4, -0.2) is 19.8 Å². The Balaban J connectivity index is 1.96. The molecule has 16 heavy (non-hydrogen) atoms. The smallest absolute Gasteiger partial charge is 0.101 e. The fraction of sp³-hybridized carbons (Fsp3) is 0.417. The van der Waals surface area contributed by atoms with E-state index in [-0.39, 0.29) is 0 Å². The molecule has 1 fully saturated rings. The first-order valence-electron chi connectivity index (χ1n) is 5.41. The van der Waals surface area contributed by atoms with Crippen molar-refractivity contribution in [1.82, 2.24) is 0 Å². The van der Waals surface area contributed by atoms with E-state index in [4.69, 9.17) is 15.7 Å². The Morgan fingerprint density at radius 2 is 2.44 bits per heavy atom. The molecule has 0 aromatic heterocycles. The number of nitrogen functional groups attached to an aromatic ring is 1. The molecule has 3 N–H and O–H groups in total. The number of anilines is 2. The molecular weight excluding hydrogens is 202 g/mol. The summed E-state index contributed by atoms with van der Waals surface area (Å²) in [6, 6.07) is 7.51. The highest BCUT2D eigenvalue weighted by atomic mass is 16.5. The summed E-state index contributed by atoms with van der Waals surface area (Å²) in [6.45, 7) is 2.57. The molecule has 0 radical (unpaired) electrons. The molecule has 0 bridgehead atoms. The topological polar surface area (TPSA) is 71.1 Å². The molecule has 1 aliphatic rings. The van der Waals surface area contributed by atoms with Gasteiger partial charge in [0.15, 0.2) is 0 Å². The summed E-state index contributed by atoms with van der Waals surface area (Å²) in [5.74, 6) is 0.572. The molecule has 2 rings (SSSR count). The molecule has 1 aromatic carbocycles. The van der Waals surface area contributed by atoms with Gasteiger partial charge in [-0.05, 0) is 24.6 Å². The number of hydrogen-bond donors (Lipinski definition) is 2. The lowest BCUT2D eigenvalue weighted by Gasteiger charge is -2.11. The first-order chi connectivity index (χ1) is 7.79. The van der Waals surface area contributed by atoms with Crippen LogP contribution in [0.2, 0.25) is 0 Å². The van der Waals surface area contributed by atoms with Gasteiger partial charge in [0.2, 0.25) is 0 Å². The highest BCUT2D eigenvalue weighted by Crippen LogP contribution is 2.18. The van der Waals surface area contributed by atoms with E-state index in [9.17, 15) is 0 Å². The molecule has 0 saturated carbocycles. The normalized spacial score (nSPS) is 19.3. The van der Waals surface area contributed by atoms with Gasteiger partial charge in [-0.2, -0.15) is 5.26 Å². The molecule has 84 valence electrons. The van der Waals surface area contributed by atoms with E-state index in [1.54, 1.807) is 12.1 Å². The lowest BCUT2D eigenvalue weighted by Crippen LogP contribution is -2.14. The quantitative estimate of drug-likeness (QED) is 0.754. The van der Waals surface area contributed by atoms with Crippen LogP contribution in [-0.2, 0) is 4.74 Å². The number of nitriles is 1. The minimum Gasteiger partial charge on any atom is -0.398 e. The van der Waals surface area contributed by atoms with Crippen molar-refractivity contribution in [2.75, 3.05) is 30.8 Å². The molecule has 1 heterocycles. The van der Waals surface area contributed by atoms with Crippen molar-refractivity contribution < 1.29 is 4.74 Å². The first-order valence-corrected chi connectivity index (χ1v) is 5.41. The number of nitrogens with two attached hydrogens (primary N) is 1. The Kier molecular flexibility index (Phi) is 3.28. The second-order valence-electron chi connectivity index (χ2n) is 4.02. The average molecular weight is 217 g/mol. The summed E-state index contributed by atoms with van der Waals surface area (Å²) < 4.78 is 5.30. The lowest BCUT2D eigenvalue weighted by molar-refractivity contribution is 0.187. The highest BCUT2D eigenvalue weighted by Gasteiger charge is 2.14. The molecule has 4 heteroatoms. The number of hydrogen-bond acceptors (Lipinski definition) is 4. The third-order valence-corrected chi connectivity index (χ3v) is 2.79. The first kappa shape index (κ1) is 10.8. The Morgan fingerprint density at radius 3 is 3.12 bits per heavy atom. The monoisotopic (exact) mass is 217 g/mol. The predicted molar refractivity (Wildman–Crippen MR) is 63.0 cm³/mol. The lowest BCUT2D eigenvalue weighted by atomic mass is 10.1. The number of nitrogens with one attached hydrogen (secondary N) is 1. The van der Waals surface area contributed by atoms with Crippen LogP contribution >= 0.6 is 0 Å². The van der Waals surface area contributed by atoms with Crippen molar-refractivity contribution in [3.8, 4) is 6.07 Å². The Morgan fingerprint density at radius 1 is 1.56 bits per heavy atom. The van der Waals surface area contributed by atoms with Crippen molar-refractivity contribution in [3.05, 3.63) is 23.8 Å². The zero-order valence-corrected chi connectivity index (χ0v) is 9.07. The van der Waals surface area contributed by atoms with Crippen molar-refractivity contribution in [2.45, 2.75) is 6.42 Å². The molecule has 4 nitrogen and oxygen atoms in total. The predicted octanol–water partition coefficient (Wildman–Crippen LogP) is 1.59. The van der Waals surface area contributed by atoms with Crippen LogP contribution < -0.4 is 11.1 Å². The fourth-order valence-corrected chi connectivity index (χ4v) is 1.77. The maximum absolute atomic E-state index is 8.84. The van der Waals surface area contributed by atoms with Crippen LogP contribution in [0.3, 0.4) is 0 Å². The highest BCUT2D eigenvalue weighted by molar-refractivity contribution is 5.61. The minimum atomic E-state index is 0.521. The minimum absolute atomic E-state index is 0.521. The van der Waals surface area contributed by atoms with Gasteiger partial charge < -0.3 is 15.8 Å². The van der Waals surface area contributed by atoms with E-state index < -0.39 is 0 Å². The number of ether oxygens (including phenoxy) is 1.